The summed E-state index contributed by atoms with van der Waals surface area (Å²) in [5, 5.41) is 8.43. The second-order valence-electron chi connectivity index (χ2n) is 5.00. The molecule has 21 heavy (non-hydrogen) atoms. The maximum absolute atomic E-state index is 4.57. The van der Waals surface area contributed by atoms with E-state index in [4.69, 9.17) is 0 Å². The van der Waals surface area contributed by atoms with Crippen molar-refractivity contribution in [2.45, 2.75) is 24.3 Å². The van der Waals surface area contributed by atoms with Crippen molar-refractivity contribution >= 4 is 11.8 Å². The van der Waals surface area contributed by atoms with E-state index in [1.54, 1.807) is 11.8 Å². The van der Waals surface area contributed by atoms with Gasteiger partial charge >= 0.3 is 0 Å². The number of benzene rings is 2. The topological polar surface area (TPSA) is 41.6 Å². The summed E-state index contributed by atoms with van der Waals surface area (Å²) in [6, 6.07) is 18.7. The number of hydrogen-bond acceptors (Lipinski definition) is 3. The molecule has 0 amide bonds. The minimum atomic E-state index is 0.327. The van der Waals surface area contributed by atoms with E-state index in [-0.39, 0.29) is 0 Å². The third kappa shape index (κ3) is 3.34. The van der Waals surface area contributed by atoms with Crippen LogP contribution in [0.3, 0.4) is 0 Å². The molecule has 0 aliphatic carbocycles. The normalized spacial score (nSPS) is 12.3. The van der Waals surface area contributed by atoms with Gasteiger partial charge in [0.05, 0.1) is 0 Å². The lowest BCUT2D eigenvalue weighted by atomic mass is 10.1. The van der Waals surface area contributed by atoms with Crippen LogP contribution in [-0.2, 0) is 0 Å². The lowest BCUT2D eigenvalue weighted by Gasteiger charge is -2.08. The minimum absolute atomic E-state index is 0.327. The molecule has 4 heteroatoms. The number of rotatable bonds is 4. The Bertz CT molecular complexity index is 704. The van der Waals surface area contributed by atoms with Crippen LogP contribution in [0, 0.1) is 6.92 Å². The summed E-state index contributed by atoms with van der Waals surface area (Å²) in [6.45, 7) is 4.24. The molecule has 0 spiro atoms. The standard InChI is InChI=1S/C17H17N3S/c1-12-8-10-15(11-9-12)16-18-17(20-19-16)21-13(2)14-6-4-3-5-7-14/h3-11,13H,1-2H3,(H,18,19,20)/t13-/m0/s1. The fraction of sp³-hybridized carbons (Fsp3) is 0.176. The van der Waals surface area contributed by atoms with Gasteiger partial charge in [-0.2, -0.15) is 0 Å². The number of thioether (sulfide) groups is 1. The van der Waals surface area contributed by atoms with E-state index in [9.17, 15) is 0 Å². The molecule has 1 heterocycles. The number of aryl methyl sites for hydroxylation is 1. The summed E-state index contributed by atoms with van der Waals surface area (Å²) < 4.78 is 0. The van der Waals surface area contributed by atoms with Crippen molar-refractivity contribution in [2.75, 3.05) is 0 Å². The molecule has 0 bridgehead atoms. The molecule has 0 saturated carbocycles. The van der Waals surface area contributed by atoms with Gasteiger partial charge in [-0.15, -0.1) is 5.10 Å². The number of hydrogen-bond donors (Lipinski definition) is 1. The zero-order valence-electron chi connectivity index (χ0n) is 12.1. The van der Waals surface area contributed by atoms with Crippen LogP contribution in [-0.4, -0.2) is 15.2 Å². The molecule has 0 aliphatic rings. The second kappa shape index (κ2) is 6.14. The van der Waals surface area contributed by atoms with Gasteiger partial charge < -0.3 is 0 Å². The van der Waals surface area contributed by atoms with Crippen LogP contribution in [0.4, 0.5) is 0 Å². The SMILES string of the molecule is Cc1ccc(-c2nc(S[C@@H](C)c3ccccc3)n[nH]2)cc1. The lowest BCUT2D eigenvalue weighted by Crippen LogP contribution is -1.88. The first-order valence-electron chi connectivity index (χ1n) is 6.93. The van der Waals surface area contributed by atoms with E-state index >= 15 is 0 Å². The Hall–Kier alpha value is -2.07. The predicted octanol–water partition coefficient (Wildman–Crippen LogP) is 4.63. The molecule has 2 aromatic carbocycles. The minimum Gasteiger partial charge on any atom is -0.258 e. The van der Waals surface area contributed by atoms with Crippen LogP contribution in [0.2, 0.25) is 0 Å². The summed E-state index contributed by atoms with van der Waals surface area (Å²) >= 11 is 1.66. The molecule has 3 rings (SSSR count). The molecule has 3 nitrogen and oxygen atoms in total. The first-order valence-corrected chi connectivity index (χ1v) is 7.81. The monoisotopic (exact) mass is 295 g/mol. The van der Waals surface area contributed by atoms with Crippen molar-refractivity contribution in [2.24, 2.45) is 0 Å². The van der Waals surface area contributed by atoms with Gasteiger partial charge in [0.1, 0.15) is 0 Å². The summed E-state index contributed by atoms with van der Waals surface area (Å²) in [5.41, 5.74) is 3.59. The number of aromatic nitrogens is 3. The van der Waals surface area contributed by atoms with Crippen molar-refractivity contribution in [3.63, 3.8) is 0 Å². The van der Waals surface area contributed by atoms with Crippen LogP contribution in [0.25, 0.3) is 11.4 Å². The maximum atomic E-state index is 4.57. The van der Waals surface area contributed by atoms with Gasteiger partial charge in [-0.25, -0.2) is 4.98 Å². The molecule has 106 valence electrons. The van der Waals surface area contributed by atoms with Crippen molar-refractivity contribution in [3.8, 4) is 11.4 Å². The van der Waals surface area contributed by atoms with Gasteiger partial charge in [0.2, 0.25) is 5.16 Å². The molecule has 0 radical (unpaired) electrons. The summed E-state index contributed by atoms with van der Waals surface area (Å²) in [4.78, 5) is 4.57. The first kappa shape index (κ1) is 13.9. The average molecular weight is 295 g/mol. The Balaban J connectivity index is 1.75. The fourth-order valence-electron chi connectivity index (χ4n) is 2.09. The van der Waals surface area contributed by atoms with Crippen LogP contribution in [0.15, 0.2) is 59.8 Å². The van der Waals surface area contributed by atoms with Crippen LogP contribution >= 0.6 is 11.8 Å². The number of nitrogens with one attached hydrogen (secondary N) is 1. The molecule has 1 aromatic heterocycles. The molecule has 0 aliphatic heterocycles. The molecule has 0 unspecified atom stereocenters. The molecular formula is C17H17N3S. The summed E-state index contributed by atoms with van der Waals surface area (Å²) in [7, 11) is 0. The Morgan fingerprint density at radius 1 is 1.00 bits per heavy atom. The molecule has 3 aromatic rings. The summed E-state index contributed by atoms with van der Waals surface area (Å²) in [5.74, 6) is 0.817. The van der Waals surface area contributed by atoms with Crippen molar-refractivity contribution in [1.82, 2.24) is 15.2 Å². The number of aromatic amines is 1. The summed E-state index contributed by atoms with van der Waals surface area (Å²) in [6.07, 6.45) is 0. The van der Waals surface area contributed by atoms with E-state index in [0.717, 1.165) is 16.5 Å². The zero-order chi connectivity index (χ0) is 14.7. The van der Waals surface area contributed by atoms with Gasteiger partial charge in [0.25, 0.3) is 0 Å². The fourth-order valence-corrected chi connectivity index (χ4v) is 2.94. The zero-order valence-corrected chi connectivity index (χ0v) is 12.9. The van der Waals surface area contributed by atoms with Crippen molar-refractivity contribution < 1.29 is 0 Å². The largest absolute Gasteiger partial charge is 0.258 e. The Morgan fingerprint density at radius 3 is 2.43 bits per heavy atom. The van der Waals surface area contributed by atoms with Gasteiger partial charge in [-0.05, 0) is 19.4 Å². The molecule has 1 N–H and O–H groups in total. The highest BCUT2D eigenvalue weighted by Crippen LogP contribution is 2.33. The van der Waals surface area contributed by atoms with Crippen LogP contribution in [0.5, 0.6) is 0 Å². The smallest absolute Gasteiger partial charge is 0.209 e. The Labute approximate surface area is 128 Å². The van der Waals surface area contributed by atoms with E-state index in [1.165, 1.54) is 11.1 Å². The van der Waals surface area contributed by atoms with Crippen LogP contribution in [0.1, 0.15) is 23.3 Å². The number of nitrogens with zero attached hydrogens (tertiary/aromatic N) is 2. The average Bonchev–Trinajstić information content (AvgIpc) is 2.97. The molecular weight excluding hydrogens is 278 g/mol. The Morgan fingerprint density at radius 2 is 1.71 bits per heavy atom. The van der Waals surface area contributed by atoms with Gasteiger partial charge in [0, 0.05) is 10.8 Å². The van der Waals surface area contributed by atoms with E-state index < -0.39 is 0 Å². The van der Waals surface area contributed by atoms with Gasteiger partial charge in [0.15, 0.2) is 5.82 Å². The molecule has 0 saturated heterocycles. The third-order valence-electron chi connectivity index (χ3n) is 3.34. The lowest BCUT2D eigenvalue weighted by molar-refractivity contribution is 0.960. The van der Waals surface area contributed by atoms with Gasteiger partial charge in [-0.1, -0.05) is 71.9 Å². The highest BCUT2D eigenvalue weighted by atomic mass is 32.2. The van der Waals surface area contributed by atoms with E-state index in [1.807, 2.05) is 6.07 Å². The van der Waals surface area contributed by atoms with Crippen molar-refractivity contribution in [3.05, 3.63) is 65.7 Å². The van der Waals surface area contributed by atoms with Crippen LogP contribution < -0.4 is 0 Å². The van der Waals surface area contributed by atoms with E-state index in [0.29, 0.717) is 5.25 Å². The predicted molar refractivity (Wildman–Crippen MR) is 87.3 cm³/mol. The first-order chi connectivity index (χ1) is 10.2. The molecule has 0 fully saturated rings. The quantitative estimate of drug-likeness (QED) is 0.713. The highest BCUT2D eigenvalue weighted by Gasteiger charge is 2.11. The second-order valence-corrected chi connectivity index (χ2v) is 6.31. The third-order valence-corrected chi connectivity index (χ3v) is 4.36. The van der Waals surface area contributed by atoms with Crippen molar-refractivity contribution in [1.29, 1.82) is 0 Å². The highest BCUT2D eigenvalue weighted by molar-refractivity contribution is 7.99. The number of H-pyrrole nitrogens is 1. The Kier molecular flexibility index (Phi) is 4.06. The van der Waals surface area contributed by atoms with E-state index in [2.05, 4.69) is 77.6 Å². The molecule has 1 atom stereocenters. The maximum Gasteiger partial charge on any atom is 0.209 e. The van der Waals surface area contributed by atoms with Gasteiger partial charge in [-0.3, -0.25) is 5.10 Å².